The Bertz CT molecular complexity index is 629. The number of pyridine rings is 1. The molecule has 4 nitrogen and oxygen atoms in total. The zero-order chi connectivity index (χ0) is 15.2. The number of thioether (sulfide) groups is 1. The third kappa shape index (κ3) is 4.49. The molecular formula is C16H19N3OS. The Morgan fingerprint density at radius 1 is 1.29 bits per heavy atom. The minimum Gasteiger partial charge on any atom is -0.506 e. The maximum absolute atomic E-state index is 10.3. The van der Waals surface area contributed by atoms with Gasteiger partial charge in [0.1, 0.15) is 5.75 Å². The van der Waals surface area contributed by atoms with E-state index in [9.17, 15) is 5.11 Å². The van der Waals surface area contributed by atoms with Gasteiger partial charge >= 0.3 is 0 Å². The van der Waals surface area contributed by atoms with Crippen molar-refractivity contribution in [1.29, 1.82) is 5.41 Å². The summed E-state index contributed by atoms with van der Waals surface area (Å²) in [5, 5.41) is 17.6. The minimum absolute atomic E-state index is 0.0506. The van der Waals surface area contributed by atoms with Crippen LogP contribution in [0.25, 0.3) is 0 Å². The molecule has 0 aliphatic heterocycles. The van der Waals surface area contributed by atoms with Gasteiger partial charge in [-0.25, -0.2) is 0 Å². The average molecular weight is 301 g/mol. The van der Waals surface area contributed by atoms with Gasteiger partial charge in [0.25, 0.3) is 0 Å². The second-order valence-corrected chi connectivity index (χ2v) is 5.87. The molecule has 1 heterocycles. The van der Waals surface area contributed by atoms with E-state index in [1.807, 2.05) is 31.2 Å². The van der Waals surface area contributed by atoms with Gasteiger partial charge in [0.15, 0.2) is 5.17 Å². The smallest absolute Gasteiger partial charge is 0.151 e. The Morgan fingerprint density at radius 3 is 2.67 bits per heavy atom. The average Bonchev–Trinajstić information content (AvgIpc) is 2.47. The molecule has 0 saturated carbocycles. The van der Waals surface area contributed by atoms with Crippen molar-refractivity contribution in [2.24, 2.45) is 5.73 Å². The molecule has 110 valence electrons. The van der Waals surface area contributed by atoms with Crippen molar-refractivity contribution in [3.8, 4) is 5.75 Å². The molecule has 2 aromatic rings. The summed E-state index contributed by atoms with van der Waals surface area (Å²) in [6.07, 6.45) is 1.53. The van der Waals surface area contributed by atoms with Gasteiger partial charge in [-0.3, -0.25) is 10.4 Å². The van der Waals surface area contributed by atoms with Crippen LogP contribution in [-0.2, 0) is 18.6 Å². The lowest BCUT2D eigenvalue weighted by molar-refractivity contribution is 0.458. The van der Waals surface area contributed by atoms with Crippen LogP contribution < -0.4 is 5.73 Å². The molecule has 0 fully saturated rings. The molecule has 0 bridgehead atoms. The van der Waals surface area contributed by atoms with Crippen molar-refractivity contribution in [3.05, 3.63) is 58.9 Å². The Morgan fingerprint density at radius 2 is 2.00 bits per heavy atom. The first kappa shape index (κ1) is 15.4. The molecule has 0 unspecified atom stereocenters. The quantitative estimate of drug-likeness (QED) is 0.585. The van der Waals surface area contributed by atoms with Crippen LogP contribution in [-0.4, -0.2) is 15.3 Å². The third-order valence-corrected chi connectivity index (χ3v) is 3.91. The molecule has 1 aromatic carbocycles. The monoisotopic (exact) mass is 301 g/mol. The first-order chi connectivity index (χ1) is 10.1. The summed E-state index contributed by atoms with van der Waals surface area (Å²) in [4.78, 5) is 4.43. The zero-order valence-corrected chi connectivity index (χ0v) is 12.8. The highest BCUT2D eigenvalue weighted by Crippen LogP contribution is 2.27. The van der Waals surface area contributed by atoms with Crippen molar-refractivity contribution in [2.45, 2.75) is 25.5 Å². The van der Waals surface area contributed by atoms with Crippen LogP contribution >= 0.6 is 11.8 Å². The fourth-order valence-electron chi connectivity index (χ4n) is 2.15. The fourth-order valence-corrected chi connectivity index (χ4v) is 2.68. The van der Waals surface area contributed by atoms with Crippen LogP contribution in [0.3, 0.4) is 0 Å². The summed E-state index contributed by atoms with van der Waals surface area (Å²) in [7, 11) is 0. The number of aromatic nitrogens is 1. The van der Waals surface area contributed by atoms with E-state index in [1.54, 1.807) is 0 Å². The van der Waals surface area contributed by atoms with Gasteiger partial charge in [-0.15, -0.1) is 0 Å². The maximum Gasteiger partial charge on any atom is 0.151 e. The van der Waals surface area contributed by atoms with Crippen molar-refractivity contribution in [3.63, 3.8) is 0 Å². The summed E-state index contributed by atoms with van der Waals surface area (Å²) < 4.78 is 0. The number of amidine groups is 1. The summed E-state index contributed by atoms with van der Waals surface area (Å²) >= 11 is 1.20. The number of benzene rings is 1. The molecule has 2 rings (SSSR count). The molecule has 0 atom stereocenters. The number of aromatic hydroxyl groups is 1. The number of aryl methyl sites for hydroxylation is 3. The predicted molar refractivity (Wildman–Crippen MR) is 87.7 cm³/mol. The largest absolute Gasteiger partial charge is 0.506 e. The zero-order valence-electron chi connectivity index (χ0n) is 12.0. The number of hydrogen-bond acceptors (Lipinski definition) is 4. The SMILES string of the molecule is Cc1cc(CSC(=N)N)c(O)c(CCc2ccccc2)n1. The second-order valence-electron chi connectivity index (χ2n) is 4.86. The van der Waals surface area contributed by atoms with Crippen molar-refractivity contribution >= 4 is 16.9 Å². The Kier molecular flexibility index (Phi) is 5.22. The van der Waals surface area contributed by atoms with Gasteiger partial charge < -0.3 is 10.8 Å². The molecule has 5 heteroatoms. The Balaban J connectivity index is 2.13. The normalized spacial score (nSPS) is 10.5. The van der Waals surface area contributed by atoms with Crippen LogP contribution in [0.1, 0.15) is 22.5 Å². The second kappa shape index (κ2) is 7.13. The van der Waals surface area contributed by atoms with E-state index in [0.29, 0.717) is 17.9 Å². The lowest BCUT2D eigenvalue weighted by Gasteiger charge is -2.10. The highest BCUT2D eigenvalue weighted by atomic mass is 32.2. The van der Waals surface area contributed by atoms with E-state index in [0.717, 1.165) is 17.7 Å². The number of hydrogen-bond donors (Lipinski definition) is 3. The van der Waals surface area contributed by atoms with Gasteiger partial charge in [-0.1, -0.05) is 42.1 Å². The lowest BCUT2D eigenvalue weighted by atomic mass is 10.1. The van der Waals surface area contributed by atoms with Gasteiger partial charge in [0.2, 0.25) is 0 Å². The Labute approximate surface area is 128 Å². The van der Waals surface area contributed by atoms with E-state index >= 15 is 0 Å². The summed E-state index contributed by atoms with van der Waals surface area (Å²) in [6.45, 7) is 1.91. The van der Waals surface area contributed by atoms with Crippen molar-refractivity contribution in [1.82, 2.24) is 4.98 Å². The van der Waals surface area contributed by atoms with E-state index in [1.165, 1.54) is 17.3 Å². The molecule has 0 spiro atoms. The number of rotatable bonds is 5. The highest BCUT2D eigenvalue weighted by molar-refractivity contribution is 8.13. The molecular weight excluding hydrogens is 282 g/mol. The molecule has 0 radical (unpaired) electrons. The van der Waals surface area contributed by atoms with Crippen LogP contribution in [0, 0.1) is 12.3 Å². The van der Waals surface area contributed by atoms with Crippen LogP contribution in [0.15, 0.2) is 36.4 Å². The molecule has 0 saturated heterocycles. The van der Waals surface area contributed by atoms with E-state index in [-0.39, 0.29) is 10.9 Å². The summed E-state index contributed by atoms with van der Waals surface area (Å²) in [5.74, 6) is 0.716. The maximum atomic E-state index is 10.3. The minimum atomic E-state index is 0.0506. The molecule has 21 heavy (non-hydrogen) atoms. The third-order valence-electron chi connectivity index (χ3n) is 3.15. The molecule has 4 N–H and O–H groups in total. The Hall–Kier alpha value is -2.01. The van der Waals surface area contributed by atoms with Gasteiger partial charge in [0, 0.05) is 17.0 Å². The number of nitrogens with one attached hydrogen (secondary N) is 1. The standard InChI is InChI=1S/C16H19N3OS/c1-11-9-13(10-21-16(17)18)15(20)14(19-11)8-7-12-5-3-2-4-6-12/h2-6,9,20H,7-8,10H2,1H3,(H3,17,18). The van der Waals surface area contributed by atoms with Gasteiger partial charge in [-0.05, 0) is 31.4 Å². The topological polar surface area (TPSA) is 83.0 Å². The van der Waals surface area contributed by atoms with Crippen LogP contribution in [0.5, 0.6) is 5.75 Å². The number of nitrogens with two attached hydrogens (primary N) is 1. The molecule has 0 aliphatic carbocycles. The molecule has 1 aromatic heterocycles. The van der Waals surface area contributed by atoms with E-state index < -0.39 is 0 Å². The van der Waals surface area contributed by atoms with Gasteiger partial charge in [-0.2, -0.15) is 0 Å². The van der Waals surface area contributed by atoms with Gasteiger partial charge in [0.05, 0.1) is 5.69 Å². The predicted octanol–water partition coefficient (Wildman–Crippen LogP) is 3.01. The van der Waals surface area contributed by atoms with E-state index in [2.05, 4.69) is 17.1 Å². The van der Waals surface area contributed by atoms with Crippen LogP contribution in [0.4, 0.5) is 0 Å². The fraction of sp³-hybridized carbons (Fsp3) is 0.250. The summed E-state index contributed by atoms with van der Waals surface area (Å²) in [5.41, 5.74) is 8.93. The van der Waals surface area contributed by atoms with Crippen LogP contribution in [0.2, 0.25) is 0 Å². The highest BCUT2D eigenvalue weighted by Gasteiger charge is 2.11. The van der Waals surface area contributed by atoms with Crippen molar-refractivity contribution in [2.75, 3.05) is 0 Å². The van der Waals surface area contributed by atoms with E-state index in [4.69, 9.17) is 11.1 Å². The first-order valence-electron chi connectivity index (χ1n) is 6.75. The first-order valence-corrected chi connectivity index (χ1v) is 7.74. The lowest BCUT2D eigenvalue weighted by Crippen LogP contribution is -2.05. The summed E-state index contributed by atoms with van der Waals surface area (Å²) in [6, 6.07) is 12.0. The molecule has 0 amide bonds. The number of nitrogens with zero attached hydrogens (tertiary/aromatic N) is 1. The van der Waals surface area contributed by atoms with Crippen molar-refractivity contribution < 1.29 is 5.11 Å². The molecule has 0 aliphatic rings.